The first-order valence-corrected chi connectivity index (χ1v) is 5.92. The fourth-order valence-electron chi connectivity index (χ4n) is 2.02. The summed E-state index contributed by atoms with van der Waals surface area (Å²) in [5.41, 5.74) is 1.20. The third-order valence-electron chi connectivity index (χ3n) is 2.80. The molecule has 18 heavy (non-hydrogen) atoms. The summed E-state index contributed by atoms with van der Waals surface area (Å²) < 4.78 is 13.8. The van der Waals surface area contributed by atoms with Crippen molar-refractivity contribution in [3.63, 3.8) is 0 Å². The van der Waals surface area contributed by atoms with Crippen molar-refractivity contribution in [1.29, 1.82) is 0 Å². The normalized spacial score (nSPS) is 15.5. The van der Waals surface area contributed by atoms with Crippen molar-refractivity contribution < 1.29 is 14.0 Å². The van der Waals surface area contributed by atoms with Crippen LogP contribution in [0.2, 0.25) is 0 Å². The number of nitrogens with zero attached hydrogens (tertiary/aromatic N) is 1. The number of aromatic amines is 2. The average Bonchev–Trinajstić information content (AvgIpc) is 2.94. The van der Waals surface area contributed by atoms with Crippen molar-refractivity contribution in [3.8, 4) is 0 Å². The highest BCUT2D eigenvalue weighted by Gasteiger charge is 2.24. The number of amides is 1. The number of fused-ring (bicyclic) bond motifs is 1. The van der Waals surface area contributed by atoms with Gasteiger partial charge in [-0.05, 0) is 30.8 Å². The van der Waals surface area contributed by atoms with Gasteiger partial charge in [0.25, 0.3) is 5.91 Å². The van der Waals surface area contributed by atoms with E-state index in [0.29, 0.717) is 29.0 Å². The van der Waals surface area contributed by atoms with Crippen molar-refractivity contribution in [2.45, 2.75) is 6.42 Å². The molecular weight excluding hydrogens is 257 g/mol. The van der Waals surface area contributed by atoms with Crippen LogP contribution in [0.5, 0.6) is 0 Å². The second kappa shape index (κ2) is 4.18. The van der Waals surface area contributed by atoms with Gasteiger partial charge in [0, 0.05) is 0 Å². The molecule has 0 aliphatic carbocycles. The Hall–Kier alpha value is -1.73. The van der Waals surface area contributed by atoms with Crippen LogP contribution in [-0.4, -0.2) is 34.1 Å². The summed E-state index contributed by atoms with van der Waals surface area (Å²) in [6.45, 7) is 1.02. The van der Waals surface area contributed by atoms with E-state index in [9.17, 15) is 9.18 Å². The van der Waals surface area contributed by atoms with Crippen molar-refractivity contribution in [1.82, 2.24) is 15.0 Å². The standard InChI is InChI=1S/C11H10FN3O2S/c12-6-4-7(10(16)15-2-1-3-17-15)9-8(5-6)13-11(18)14-9/h4-5H,1-3H2,(H2,13,14,18). The summed E-state index contributed by atoms with van der Waals surface area (Å²) in [6.07, 6.45) is 0.785. The molecule has 0 atom stereocenters. The molecule has 0 saturated carbocycles. The van der Waals surface area contributed by atoms with Crippen LogP contribution in [0.1, 0.15) is 16.8 Å². The van der Waals surface area contributed by atoms with Gasteiger partial charge >= 0.3 is 0 Å². The highest BCUT2D eigenvalue weighted by Crippen LogP contribution is 2.21. The van der Waals surface area contributed by atoms with Crippen LogP contribution >= 0.6 is 12.2 Å². The minimum absolute atomic E-state index is 0.222. The minimum atomic E-state index is -0.490. The quantitative estimate of drug-likeness (QED) is 0.778. The number of rotatable bonds is 1. The van der Waals surface area contributed by atoms with Gasteiger partial charge in [-0.3, -0.25) is 9.63 Å². The fourth-order valence-corrected chi connectivity index (χ4v) is 2.23. The maximum Gasteiger partial charge on any atom is 0.279 e. The zero-order chi connectivity index (χ0) is 12.7. The molecule has 1 saturated heterocycles. The molecule has 1 aliphatic heterocycles. The molecule has 0 bridgehead atoms. The molecule has 0 unspecified atom stereocenters. The molecule has 3 rings (SSSR count). The van der Waals surface area contributed by atoms with E-state index >= 15 is 0 Å². The van der Waals surface area contributed by atoms with Crippen LogP contribution in [0.15, 0.2) is 12.1 Å². The average molecular weight is 267 g/mol. The maximum absolute atomic E-state index is 13.5. The number of halogens is 1. The van der Waals surface area contributed by atoms with Crippen molar-refractivity contribution >= 4 is 29.2 Å². The third-order valence-corrected chi connectivity index (χ3v) is 3.00. The molecule has 5 nitrogen and oxygen atoms in total. The van der Waals surface area contributed by atoms with Gasteiger partial charge in [0.1, 0.15) is 5.82 Å². The molecule has 1 aromatic carbocycles. The van der Waals surface area contributed by atoms with Crippen LogP contribution in [0.3, 0.4) is 0 Å². The van der Waals surface area contributed by atoms with Crippen LogP contribution < -0.4 is 0 Å². The first-order valence-electron chi connectivity index (χ1n) is 5.51. The molecule has 7 heteroatoms. The molecule has 0 radical (unpaired) electrons. The second-order valence-corrected chi connectivity index (χ2v) is 4.46. The molecule has 1 fully saturated rings. The van der Waals surface area contributed by atoms with E-state index in [4.69, 9.17) is 17.1 Å². The summed E-state index contributed by atoms with van der Waals surface area (Å²) >= 11 is 4.95. The van der Waals surface area contributed by atoms with Crippen molar-refractivity contribution in [2.75, 3.05) is 13.2 Å². The molecule has 2 N–H and O–H groups in total. The fraction of sp³-hybridized carbons (Fsp3) is 0.273. The molecular formula is C11H10FN3O2S. The summed E-state index contributed by atoms with van der Waals surface area (Å²) in [7, 11) is 0. The molecule has 94 valence electrons. The predicted octanol–water partition coefficient (Wildman–Crippen LogP) is 2.14. The Balaban J connectivity index is 2.14. The van der Waals surface area contributed by atoms with Gasteiger partial charge < -0.3 is 9.97 Å². The van der Waals surface area contributed by atoms with E-state index < -0.39 is 5.82 Å². The molecule has 2 heterocycles. The second-order valence-electron chi connectivity index (χ2n) is 4.05. The van der Waals surface area contributed by atoms with Crippen LogP contribution in [0.4, 0.5) is 4.39 Å². The zero-order valence-corrected chi connectivity index (χ0v) is 10.1. The zero-order valence-electron chi connectivity index (χ0n) is 9.33. The smallest absolute Gasteiger partial charge is 0.279 e. The Bertz CT molecular complexity index is 672. The van der Waals surface area contributed by atoms with Crippen LogP contribution in [0.25, 0.3) is 11.0 Å². The molecule has 1 amide bonds. The van der Waals surface area contributed by atoms with Gasteiger partial charge in [0.2, 0.25) is 0 Å². The molecule has 0 spiro atoms. The number of H-pyrrole nitrogens is 2. The SMILES string of the molecule is O=C(c1cc(F)cc2[nH]c(=S)[nH]c12)N1CCCO1. The van der Waals surface area contributed by atoms with E-state index in [1.54, 1.807) is 0 Å². The Morgan fingerprint density at radius 1 is 1.44 bits per heavy atom. The van der Waals surface area contributed by atoms with E-state index in [0.717, 1.165) is 6.42 Å². The van der Waals surface area contributed by atoms with E-state index in [2.05, 4.69) is 9.97 Å². The lowest BCUT2D eigenvalue weighted by Gasteiger charge is -2.14. The van der Waals surface area contributed by atoms with Gasteiger partial charge in [0.15, 0.2) is 4.77 Å². The number of hydroxylamine groups is 2. The van der Waals surface area contributed by atoms with Gasteiger partial charge in [0.05, 0.1) is 29.7 Å². The molecule has 1 aliphatic rings. The summed E-state index contributed by atoms with van der Waals surface area (Å²) in [4.78, 5) is 23.0. The van der Waals surface area contributed by atoms with Gasteiger partial charge in [-0.15, -0.1) is 0 Å². The Kier molecular flexibility index (Phi) is 2.64. The monoisotopic (exact) mass is 267 g/mol. The van der Waals surface area contributed by atoms with E-state index in [-0.39, 0.29) is 11.5 Å². The minimum Gasteiger partial charge on any atom is -0.331 e. The number of carbonyl (C=O) groups is 1. The Morgan fingerprint density at radius 3 is 3.00 bits per heavy atom. The van der Waals surface area contributed by atoms with Gasteiger partial charge in [-0.1, -0.05) is 0 Å². The summed E-state index contributed by atoms with van der Waals surface area (Å²) in [5.74, 6) is -0.849. The largest absolute Gasteiger partial charge is 0.331 e. The van der Waals surface area contributed by atoms with Crippen molar-refractivity contribution in [3.05, 3.63) is 28.3 Å². The summed E-state index contributed by atoms with van der Waals surface area (Å²) in [6, 6.07) is 2.48. The lowest BCUT2D eigenvalue weighted by atomic mass is 10.1. The molecule has 2 aromatic rings. The van der Waals surface area contributed by atoms with E-state index in [1.165, 1.54) is 17.2 Å². The first kappa shape index (κ1) is 11.4. The number of aromatic nitrogens is 2. The number of hydrogen-bond acceptors (Lipinski definition) is 3. The molecule has 1 aromatic heterocycles. The highest BCUT2D eigenvalue weighted by atomic mass is 32.1. The van der Waals surface area contributed by atoms with Gasteiger partial charge in [-0.25, -0.2) is 9.45 Å². The summed E-state index contributed by atoms with van der Waals surface area (Å²) in [5, 5.41) is 1.25. The Morgan fingerprint density at radius 2 is 2.28 bits per heavy atom. The number of nitrogens with one attached hydrogen (secondary N) is 2. The number of carbonyl (C=O) groups excluding carboxylic acids is 1. The van der Waals surface area contributed by atoms with Gasteiger partial charge in [-0.2, -0.15) is 0 Å². The van der Waals surface area contributed by atoms with Crippen molar-refractivity contribution in [2.24, 2.45) is 0 Å². The van der Waals surface area contributed by atoms with Crippen LogP contribution in [0, 0.1) is 10.6 Å². The Labute approximate surface area is 107 Å². The number of hydrogen-bond donors (Lipinski definition) is 2. The van der Waals surface area contributed by atoms with E-state index in [1.807, 2.05) is 0 Å². The lowest BCUT2D eigenvalue weighted by Crippen LogP contribution is -2.26. The maximum atomic E-state index is 13.5. The predicted molar refractivity (Wildman–Crippen MR) is 65.0 cm³/mol. The highest BCUT2D eigenvalue weighted by molar-refractivity contribution is 7.71. The number of benzene rings is 1. The lowest BCUT2D eigenvalue weighted by molar-refractivity contribution is -0.0767. The third kappa shape index (κ3) is 1.81. The first-order chi connectivity index (χ1) is 8.65. The van der Waals surface area contributed by atoms with Crippen LogP contribution in [-0.2, 0) is 4.84 Å². The topological polar surface area (TPSA) is 61.1 Å². The number of imidazole rings is 1.